The van der Waals surface area contributed by atoms with E-state index in [0.717, 1.165) is 0 Å². The molecule has 0 saturated heterocycles. The van der Waals surface area contributed by atoms with Gasteiger partial charge in [0.05, 0.1) is 17.8 Å². The second-order valence-corrected chi connectivity index (χ2v) is 6.14. The predicted octanol–water partition coefficient (Wildman–Crippen LogP) is 5.35. The molecule has 0 bridgehead atoms. The van der Waals surface area contributed by atoms with Crippen molar-refractivity contribution < 1.29 is 23.8 Å². The van der Waals surface area contributed by atoms with Gasteiger partial charge in [-0.3, -0.25) is 4.98 Å². The van der Waals surface area contributed by atoms with Gasteiger partial charge in [0.25, 0.3) is 0 Å². The highest BCUT2D eigenvalue weighted by Gasteiger charge is 2.17. The summed E-state index contributed by atoms with van der Waals surface area (Å²) in [6.45, 7) is 1.65. The van der Waals surface area contributed by atoms with Crippen LogP contribution in [0.2, 0.25) is 5.02 Å². The van der Waals surface area contributed by atoms with E-state index in [-0.39, 0.29) is 27.9 Å². The monoisotopic (exact) mass is 387 g/mol. The van der Waals surface area contributed by atoms with Crippen LogP contribution in [-0.2, 0) is 0 Å². The summed E-state index contributed by atoms with van der Waals surface area (Å²) in [5, 5.41) is 9.66. The number of aryl methyl sites for hydroxylation is 1. The second kappa shape index (κ2) is 7.63. The maximum atomic E-state index is 13.9. The van der Waals surface area contributed by atoms with Gasteiger partial charge in [-0.25, -0.2) is 9.18 Å². The van der Waals surface area contributed by atoms with Crippen molar-refractivity contribution in [2.45, 2.75) is 6.92 Å². The van der Waals surface area contributed by atoms with E-state index in [0.29, 0.717) is 22.6 Å². The van der Waals surface area contributed by atoms with Gasteiger partial charge in [0.15, 0.2) is 0 Å². The van der Waals surface area contributed by atoms with E-state index in [1.165, 1.54) is 25.4 Å². The third-order valence-electron chi connectivity index (χ3n) is 3.92. The van der Waals surface area contributed by atoms with Crippen molar-refractivity contribution in [3.05, 3.63) is 70.6 Å². The summed E-state index contributed by atoms with van der Waals surface area (Å²) in [4.78, 5) is 15.6. The Morgan fingerprint density at radius 2 is 1.93 bits per heavy atom. The summed E-state index contributed by atoms with van der Waals surface area (Å²) in [5.41, 5.74) is 1.24. The number of carboxylic acid groups (broad SMARTS) is 1. The maximum Gasteiger partial charge on any atom is 0.341 e. The number of carboxylic acids is 1. The molecule has 7 heteroatoms. The molecule has 138 valence electrons. The maximum absolute atomic E-state index is 13.9. The van der Waals surface area contributed by atoms with Gasteiger partial charge < -0.3 is 14.6 Å². The third-order valence-corrected chi connectivity index (χ3v) is 4.22. The molecule has 0 amide bonds. The van der Waals surface area contributed by atoms with Crippen LogP contribution >= 0.6 is 11.6 Å². The number of hydrogen-bond acceptors (Lipinski definition) is 4. The van der Waals surface area contributed by atoms with Gasteiger partial charge in [-0.2, -0.15) is 0 Å². The summed E-state index contributed by atoms with van der Waals surface area (Å²) in [6.07, 6.45) is 1.17. The highest BCUT2D eigenvalue weighted by Crippen LogP contribution is 2.35. The van der Waals surface area contributed by atoms with E-state index in [4.69, 9.17) is 21.1 Å². The minimum absolute atomic E-state index is 0.0422. The molecule has 0 saturated carbocycles. The van der Waals surface area contributed by atoms with Crippen molar-refractivity contribution in [2.24, 2.45) is 0 Å². The fourth-order valence-corrected chi connectivity index (χ4v) is 2.61. The van der Waals surface area contributed by atoms with Gasteiger partial charge in [0.2, 0.25) is 0 Å². The molecule has 1 heterocycles. The SMILES string of the molecule is COc1ccc(Oc2cc(-c3ccc(C)c(F)c3)ncc2C(=O)O)c(Cl)c1. The average molecular weight is 388 g/mol. The van der Waals surface area contributed by atoms with E-state index in [1.54, 1.807) is 37.3 Å². The van der Waals surface area contributed by atoms with Gasteiger partial charge in [-0.05, 0) is 30.7 Å². The van der Waals surface area contributed by atoms with Crippen LogP contribution in [0.1, 0.15) is 15.9 Å². The Labute approximate surface area is 160 Å². The average Bonchev–Trinajstić information content (AvgIpc) is 2.65. The molecule has 3 aromatic rings. The number of benzene rings is 2. The van der Waals surface area contributed by atoms with Gasteiger partial charge in [0, 0.05) is 23.9 Å². The summed E-state index contributed by atoms with van der Waals surface area (Å²) < 4.78 is 24.7. The fourth-order valence-electron chi connectivity index (χ4n) is 2.40. The van der Waals surface area contributed by atoms with Gasteiger partial charge in [-0.15, -0.1) is 0 Å². The standard InChI is InChI=1S/C20H15ClFNO4/c1-11-3-4-12(7-16(11)22)17-9-19(14(10-23-17)20(24)25)27-18-6-5-13(26-2)8-15(18)21/h3-10H,1-2H3,(H,24,25). The Morgan fingerprint density at radius 1 is 1.15 bits per heavy atom. The van der Waals surface area contributed by atoms with Gasteiger partial charge >= 0.3 is 5.97 Å². The molecule has 1 N–H and O–H groups in total. The molecular formula is C20H15ClFNO4. The normalized spacial score (nSPS) is 10.5. The number of methoxy groups -OCH3 is 1. The lowest BCUT2D eigenvalue weighted by atomic mass is 10.1. The molecule has 2 aromatic carbocycles. The van der Waals surface area contributed by atoms with Crippen LogP contribution < -0.4 is 9.47 Å². The molecule has 5 nitrogen and oxygen atoms in total. The van der Waals surface area contributed by atoms with Crippen LogP contribution in [0, 0.1) is 12.7 Å². The third kappa shape index (κ3) is 4.01. The molecule has 3 rings (SSSR count). The fraction of sp³-hybridized carbons (Fsp3) is 0.100. The Balaban J connectivity index is 2.04. The summed E-state index contributed by atoms with van der Waals surface area (Å²) in [7, 11) is 1.50. The van der Waals surface area contributed by atoms with Crippen LogP contribution in [0.15, 0.2) is 48.7 Å². The quantitative estimate of drug-likeness (QED) is 0.639. The zero-order valence-corrected chi connectivity index (χ0v) is 15.2. The minimum atomic E-state index is -1.20. The summed E-state index contributed by atoms with van der Waals surface area (Å²) >= 11 is 6.17. The first-order chi connectivity index (χ1) is 12.9. The van der Waals surface area contributed by atoms with E-state index in [2.05, 4.69) is 4.98 Å². The van der Waals surface area contributed by atoms with Crippen LogP contribution in [0.5, 0.6) is 17.2 Å². The molecular weight excluding hydrogens is 373 g/mol. The van der Waals surface area contributed by atoms with Gasteiger partial charge in [0.1, 0.15) is 28.6 Å². The molecule has 1 aromatic heterocycles. The molecule has 0 aliphatic carbocycles. The predicted molar refractivity (Wildman–Crippen MR) is 99.4 cm³/mol. The Kier molecular flexibility index (Phi) is 5.28. The number of aromatic nitrogens is 1. The van der Waals surface area contributed by atoms with Crippen molar-refractivity contribution in [3.63, 3.8) is 0 Å². The van der Waals surface area contributed by atoms with E-state index >= 15 is 0 Å². The van der Waals surface area contributed by atoms with Crippen molar-refractivity contribution in [1.82, 2.24) is 4.98 Å². The van der Waals surface area contributed by atoms with Crippen molar-refractivity contribution in [1.29, 1.82) is 0 Å². The molecule has 0 radical (unpaired) electrons. The van der Waals surface area contributed by atoms with Crippen molar-refractivity contribution in [3.8, 4) is 28.5 Å². The molecule has 27 heavy (non-hydrogen) atoms. The number of hydrogen-bond donors (Lipinski definition) is 1. The molecule has 0 unspecified atom stereocenters. The lowest BCUT2D eigenvalue weighted by Crippen LogP contribution is -2.02. The number of halogens is 2. The second-order valence-electron chi connectivity index (χ2n) is 5.73. The van der Waals surface area contributed by atoms with E-state index < -0.39 is 5.97 Å². The van der Waals surface area contributed by atoms with E-state index in [1.807, 2.05) is 0 Å². The number of rotatable bonds is 5. The van der Waals surface area contributed by atoms with E-state index in [9.17, 15) is 14.3 Å². The molecule has 0 aliphatic rings. The van der Waals surface area contributed by atoms with Crippen molar-refractivity contribution >= 4 is 17.6 Å². The first kappa shape index (κ1) is 18.7. The Hall–Kier alpha value is -3.12. The number of ether oxygens (including phenoxy) is 2. The highest BCUT2D eigenvalue weighted by molar-refractivity contribution is 6.32. The van der Waals surface area contributed by atoms with Gasteiger partial charge in [-0.1, -0.05) is 23.7 Å². The van der Waals surface area contributed by atoms with Crippen LogP contribution in [-0.4, -0.2) is 23.2 Å². The minimum Gasteiger partial charge on any atom is -0.497 e. The molecule has 0 fully saturated rings. The van der Waals surface area contributed by atoms with Crippen LogP contribution in [0.4, 0.5) is 4.39 Å². The molecule has 0 atom stereocenters. The zero-order valence-electron chi connectivity index (χ0n) is 14.5. The largest absolute Gasteiger partial charge is 0.497 e. The Bertz CT molecular complexity index is 1020. The lowest BCUT2D eigenvalue weighted by Gasteiger charge is -2.12. The molecule has 0 spiro atoms. The van der Waals surface area contributed by atoms with Crippen molar-refractivity contribution in [2.75, 3.05) is 7.11 Å². The molecule has 0 aliphatic heterocycles. The lowest BCUT2D eigenvalue weighted by molar-refractivity contribution is 0.0693. The number of aromatic carboxylic acids is 1. The summed E-state index contributed by atoms with van der Waals surface area (Å²) in [5.74, 6) is -0.745. The van der Waals surface area contributed by atoms with Crippen LogP contribution in [0.25, 0.3) is 11.3 Å². The zero-order chi connectivity index (χ0) is 19.6. The summed E-state index contributed by atoms with van der Waals surface area (Å²) in [6, 6.07) is 10.9. The van der Waals surface area contributed by atoms with Crippen LogP contribution in [0.3, 0.4) is 0 Å². The first-order valence-electron chi connectivity index (χ1n) is 7.90. The number of carbonyl (C=O) groups is 1. The topological polar surface area (TPSA) is 68.7 Å². The number of pyridine rings is 1. The highest BCUT2D eigenvalue weighted by atomic mass is 35.5. The Morgan fingerprint density at radius 3 is 2.56 bits per heavy atom. The first-order valence-corrected chi connectivity index (χ1v) is 8.28. The number of nitrogens with zero attached hydrogens (tertiary/aromatic N) is 1. The smallest absolute Gasteiger partial charge is 0.341 e.